The average molecular weight is 1020 g/mol. The standard InChI is InChI=1S/C16H14F4O4S3.C8H4Cl2F4O4S.C6H4Cl2.4CH4.Li.Na/c1-10-3-8-14(26-12-6-4-11(25-2)5-7-12)13(9-10)24-15(17,18)16(19,20)27(21,22)23;9-4-1-2-5(10)6(3-4)18-7(11,12)8(13,14)19(15,16)17;7-5-1-2-6(8)4-3-5;;;;;;/h3-9H,1-2H3,(H,21,22,23);1-3H,(H,15,16,17);1-4H;4*1H4;;/q;;;;;;;2*+1/p-2. The Morgan fingerprint density at radius 1 is 0.567 bits per heavy atom. The van der Waals surface area contributed by atoms with E-state index in [1.165, 1.54) is 24.8 Å². The molecule has 0 heterocycles. The van der Waals surface area contributed by atoms with Crippen molar-refractivity contribution in [1.29, 1.82) is 0 Å². The third-order valence-corrected chi connectivity index (χ3v) is 10.5. The topological polar surface area (TPSA) is 133 Å². The number of hydrogen-bond acceptors (Lipinski definition) is 10. The Hall–Kier alpha value is -0.803. The van der Waals surface area contributed by atoms with E-state index in [9.17, 15) is 61.1 Å². The van der Waals surface area contributed by atoms with Crippen molar-refractivity contribution in [2.45, 2.75) is 74.0 Å². The van der Waals surface area contributed by atoms with Crippen molar-refractivity contribution in [3.8, 4) is 11.5 Å². The van der Waals surface area contributed by atoms with E-state index in [4.69, 9.17) is 46.4 Å². The molecule has 0 unspecified atom stereocenters. The zero-order chi connectivity index (χ0) is 41.5. The molecular formula is C34H36Cl4F8LiNaO8S4. The maximum Gasteiger partial charge on any atom is 1.00 e. The first kappa shape index (κ1) is 68.3. The van der Waals surface area contributed by atoms with Gasteiger partial charge in [0.25, 0.3) is 0 Å². The van der Waals surface area contributed by atoms with Crippen molar-refractivity contribution in [2.75, 3.05) is 6.26 Å². The fourth-order valence-electron chi connectivity index (χ4n) is 3.22. The first-order chi connectivity index (χ1) is 24.5. The number of ether oxygens (including phenoxy) is 2. The van der Waals surface area contributed by atoms with Crippen LogP contribution in [0.1, 0.15) is 35.3 Å². The van der Waals surface area contributed by atoms with Gasteiger partial charge >= 0.3 is 71.1 Å². The molecule has 0 N–H and O–H groups in total. The summed E-state index contributed by atoms with van der Waals surface area (Å²) in [6.07, 6.45) is -9.28. The summed E-state index contributed by atoms with van der Waals surface area (Å²) in [7, 11) is -13.3. The Morgan fingerprint density at radius 2 is 0.933 bits per heavy atom. The van der Waals surface area contributed by atoms with Crippen LogP contribution in [-0.4, -0.2) is 54.9 Å². The molecule has 0 aliphatic carbocycles. The Bertz CT molecular complexity index is 2110. The summed E-state index contributed by atoms with van der Waals surface area (Å²) in [6.45, 7) is 1.51. The van der Waals surface area contributed by atoms with Crippen LogP contribution < -0.4 is 57.9 Å². The summed E-state index contributed by atoms with van der Waals surface area (Å²) >= 11 is 24.3. The molecule has 0 aliphatic rings. The molecule has 26 heteroatoms. The summed E-state index contributed by atoms with van der Waals surface area (Å²) in [5.41, 5.74) is 0.413. The van der Waals surface area contributed by atoms with Crippen molar-refractivity contribution in [3.63, 3.8) is 0 Å². The minimum absolute atomic E-state index is 0. The van der Waals surface area contributed by atoms with Gasteiger partial charge in [-0.1, -0.05) is 93.9 Å². The van der Waals surface area contributed by atoms with Gasteiger partial charge in [0.1, 0.15) is 11.5 Å². The van der Waals surface area contributed by atoms with Gasteiger partial charge in [0.2, 0.25) is 0 Å². The number of hydrogen-bond donors (Lipinski definition) is 0. The predicted octanol–water partition coefficient (Wildman–Crippen LogP) is 7.63. The third-order valence-electron chi connectivity index (χ3n) is 5.87. The largest absolute Gasteiger partial charge is 1.00 e. The Balaban J connectivity index is -0.000000269. The van der Waals surface area contributed by atoms with Gasteiger partial charge in [0.15, 0.2) is 20.2 Å². The van der Waals surface area contributed by atoms with E-state index in [0.717, 1.165) is 44.9 Å². The summed E-state index contributed by atoms with van der Waals surface area (Å²) in [5, 5.41) is -11.2. The van der Waals surface area contributed by atoms with Crippen LogP contribution in [0.4, 0.5) is 35.1 Å². The number of aryl methyl sites for hydroxylation is 1. The van der Waals surface area contributed by atoms with Crippen molar-refractivity contribution in [2.24, 2.45) is 0 Å². The van der Waals surface area contributed by atoms with Crippen LogP contribution in [0.3, 0.4) is 0 Å². The number of rotatable bonds is 11. The van der Waals surface area contributed by atoms with Crippen LogP contribution in [0.25, 0.3) is 0 Å². The molecule has 0 aromatic heterocycles. The molecule has 0 aliphatic heterocycles. The summed E-state index contributed by atoms with van der Waals surface area (Å²) in [6, 6.07) is 20.7. The molecule has 0 atom stereocenters. The number of thioether (sulfide) groups is 1. The van der Waals surface area contributed by atoms with Crippen LogP contribution in [0.5, 0.6) is 11.5 Å². The maximum atomic E-state index is 13.8. The van der Waals surface area contributed by atoms with Crippen LogP contribution in [-0.2, 0) is 20.2 Å². The molecule has 8 nitrogen and oxygen atoms in total. The van der Waals surface area contributed by atoms with Crippen molar-refractivity contribution in [3.05, 3.63) is 111 Å². The van der Waals surface area contributed by atoms with Crippen LogP contribution >= 0.6 is 69.9 Å². The zero-order valence-corrected chi connectivity index (χ0v) is 36.8. The van der Waals surface area contributed by atoms with Crippen molar-refractivity contribution in [1.82, 2.24) is 0 Å². The minimum atomic E-state index is -6.64. The molecule has 60 heavy (non-hydrogen) atoms. The van der Waals surface area contributed by atoms with Crippen LogP contribution in [0.15, 0.2) is 99.6 Å². The van der Waals surface area contributed by atoms with Crippen LogP contribution in [0, 0.1) is 6.92 Å². The molecule has 0 fully saturated rings. The maximum absolute atomic E-state index is 13.8. The molecule has 0 bridgehead atoms. The number of halogens is 12. The molecule has 330 valence electrons. The van der Waals surface area contributed by atoms with E-state index in [2.05, 4.69) is 9.47 Å². The van der Waals surface area contributed by atoms with Gasteiger partial charge < -0.3 is 18.6 Å². The third kappa shape index (κ3) is 19.1. The Morgan fingerprint density at radius 3 is 1.32 bits per heavy atom. The quantitative estimate of drug-likeness (QED) is 0.0640. The minimum Gasteiger partial charge on any atom is -0.743 e. The smallest absolute Gasteiger partial charge is 0.743 e. The SMILES string of the molecule is C.C.C.C.CSc1ccc(Sc2ccc(C)cc2OC(F)(F)C(F)(F)S(=O)(=O)[O-])cc1.Clc1ccc(Cl)cc1.O=S(=O)([O-])C(F)(F)C(F)(F)Oc1cc(Cl)ccc1Cl.[Li+].[Na+]. The Kier molecular flexibility index (Phi) is 31.3. The molecule has 0 radical (unpaired) electrons. The van der Waals surface area contributed by atoms with Crippen molar-refractivity contribution >= 4 is 90.2 Å². The van der Waals surface area contributed by atoms with Gasteiger partial charge in [0.05, 0.1) is 9.92 Å². The number of alkyl halides is 8. The van der Waals surface area contributed by atoms with Gasteiger partial charge in [-0.25, -0.2) is 16.8 Å². The molecule has 0 saturated heterocycles. The molecule has 0 spiro atoms. The van der Waals surface area contributed by atoms with E-state index in [0.29, 0.717) is 16.5 Å². The second-order valence-electron chi connectivity index (χ2n) is 9.92. The fourth-order valence-corrected chi connectivity index (χ4v) is 5.73. The zero-order valence-electron chi connectivity index (χ0n) is 28.5. The molecule has 0 saturated carbocycles. The monoisotopic (exact) mass is 1020 g/mol. The van der Waals surface area contributed by atoms with Gasteiger partial charge in [-0.15, -0.1) is 11.8 Å². The van der Waals surface area contributed by atoms with E-state index in [1.807, 2.05) is 6.26 Å². The van der Waals surface area contributed by atoms with Crippen molar-refractivity contribution < 1.29 is 119 Å². The second kappa shape index (κ2) is 27.5. The molecule has 4 aromatic carbocycles. The van der Waals surface area contributed by atoms with Gasteiger partial charge in [-0.05, 0) is 91.5 Å². The first-order valence-electron chi connectivity index (χ1n) is 13.6. The number of benzene rings is 4. The summed E-state index contributed by atoms with van der Waals surface area (Å²) in [4.78, 5) is 1.64. The van der Waals surface area contributed by atoms with E-state index >= 15 is 0 Å². The normalized spacial score (nSPS) is 11.3. The summed E-state index contributed by atoms with van der Waals surface area (Å²) < 4.78 is 175. The molecule has 0 amide bonds. The molecular weight excluding hydrogens is 988 g/mol. The van der Waals surface area contributed by atoms with Gasteiger partial charge in [0, 0.05) is 30.9 Å². The fraction of sp³-hybridized carbons (Fsp3) is 0.294. The second-order valence-corrected chi connectivity index (χ2v) is 16.5. The van der Waals surface area contributed by atoms with E-state index in [1.54, 1.807) is 54.6 Å². The van der Waals surface area contributed by atoms with Crippen LogP contribution in [0.2, 0.25) is 20.1 Å². The molecule has 4 aromatic rings. The first-order valence-corrected chi connectivity index (χ1v) is 20.0. The van der Waals surface area contributed by atoms with E-state index < -0.39 is 59.5 Å². The van der Waals surface area contributed by atoms with E-state index in [-0.39, 0.29) is 88.0 Å². The van der Waals surface area contributed by atoms with Gasteiger partial charge in [-0.3, -0.25) is 0 Å². The average Bonchev–Trinajstić information content (AvgIpc) is 3.05. The molecule has 4 rings (SSSR count). The van der Waals surface area contributed by atoms with Gasteiger partial charge in [-0.2, -0.15) is 35.1 Å². The predicted molar refractivity (Wildman–Crippen MR) is 214 cm³/mol. The Labute approximate surface area is 407 Å². The summed E-state index contributed by atoms with van der Waals surface area (Å²) in [5.74, 6) is -1.66.